The highest BCUT2D eigenvalue weighted by atomic mass is 32.2. The highest BCUT2D eigenvalue weighted by Gasteiger charge is 2.27. The summed E-state index contributed by atoms with van der Waals surface area (Å²) in [7, 11) is -3.61. The molecule has 0 aliphatic heterocycles. The van der Waals surface area contributed by atoms with E-state index < -0.39 is 9.84 Å². The third-order valence-corrected chi connectivity index (χ3v) is 5.93. The van der Waals surface area contributed by atoms with Crippen LogP contribution >= 0.6 is 0 Å². The van der Waals surface area contributed by atoms with E-state index in [4.69, 9.17) is 4.42 Å². The molecule has 7 nitrogen and oxygen atoms in total. The molecule has 2 heterocycles. The lowest BCUT2D eigenvalue weighted by Crippen LogP contribution is -2.25. The van der Waals surface area contributed by atoms with Crippen molar-refractivity contribution >= 4 is 26.7 Å². The van der Waals surface area contributed by atoms with E-state index >= 15 is 0 Å². The van der Waals surface area contributed by atoms with E-state index in [1.807, 2.05) is 0 Å². The number of hydrogen-bond acceptors (Lipinski definition) is 6. The Hall–Kier alpha value is -2.74. The first-order valence-corrected chi connectivity index (χ1v) is 9.92. The third-order valence-electron chi connectivity index (χ3n) is 4.32. The number of rotatable bonds is 5. The van der Waals surface area contributed by atoms with E-state index in [1.54, 1.807) is 25.1 Å². The van der Waals surface area contributed by atoms with E-state index in [0.29, 0.717) is 16.5 Å². The smallest absolute Gasteiger partial charge is 0.287 e. The normalized spacial score (nSPS) is 14.5. The molecule has 1 saturated carbocycles. The number of carbonyl (C=O) groups excluding carboxylic acids is 1. The Kier molecular flexibility index (Phi) is 3.99. The summed E-state index contributed by atoms with van der Waals surface area (Å²) in [5, 5.41) is 3.49. The molecule has 1 N–H and O–H groups in total. The second-order valence-corrected chi connectivity index (χ2v) is 8.38. The van der Waals surface area contributed by atoms with Gasteiger partial charge in [0.2, 0.25) is 0 Å². The molecule has 1 aliphatic rings. The molecule has 4 rings (SSSR count). The van der Waals surface area contributed by atoms with Gasteiger partial charge < -0.3 is 9.73 Å². The molecule has 0 bridgehead atoms. The maximum absolute atomic E-state index is 12.7. The monoisotopic (exact) mass is 371 g/mol. The molecule has 2 aromatic heterocycles. The predicted octanol–water partition coefficient (Wildman–Crippen LogP) is 2.40. The van der Waals surface area contributed by atoms with Crippen molar-refractivity contribution in [2.24, 2.45) is 0 Å². The number of nitrogens with one attached hydrogen (secondary N) is 1. The number of aryl methyl sites for hydroxylation is 1. The molecule has 8 heteroatoms. The fraction of sp³-hybridized carbons (Fsp3) is 0.278. The molecule has 1 aromatic carbocycles. The van der Waals surface area contributed by atoms with Gasteiger partial charge in [0, 0.05) is 29.4 Å². The fourth-order valence-corrected chi connectivity index (χ4v) is 3.97. The Labute approximate surface area is 150 Å². The van der Waals surface area contributed by atoms with Crippen LogP contribution in [0.4, 0.5) is 0 Å². The Balaban J connectivity index is 1.68. The topological polar surface area (TPSA) is 102 Å². The van der Waals surface area contributed by atoms with Gasteiger partial charge in [0.05, 0.1) is 4.90 Å². The lowest BCUT2D eigenvalue weighted by molar-refractivity contribution is 0.0924. The quantitative estimate of drug-likeness (QED) is 0.739. The molecule has 0 spiro atoms. The Bertz CT molecular complexity index is 1090. The number of hydrogen-bond donors (Lipinski definition) is 1. The SMILES string of the molecule is Cc1c(C(=O)NC2CC2)oc2ccc(S(=O)(=O)Cc3ncccn3)cc12. The average Bonchev–Trinajstić information content (AvgIpc) is 3.37. The molecule has 3 aromatic rings. The van der Waals surface area contributed by atoms with Crippen LogP contribution in [0.1, 0.15) is 34.8 Å². The van der Waals surface area contributed by atoms with Crippen molar-refractivity contribution in [1.29, 1.82) is 0 Å². The number of furan rings is 1. The molecule has 134 valence electrons. The Morgan fingerprint density at radius 1 is 1.27 bits per heavy atom. The van der Waals surface area contributed by atoms with E-state index in [2.05, 4.69) is 15.3 Å². The maximum Gasteiger partial charge on any atom is 0.287 e. The van der Waals surface area contributed by atoms with Crippen molar-refractivity contribution in [3.63, 3.8) is 0 Å². The number of nitrogens with zero attached hydrogens (tertiary/aromatic N) is 2. The molecule has 26 heavy (non-hydrogen) atoms. The van der Waals surface area contributed by atoms with Crippen LogP contribution in [0.3, 0.4) is 0 Å². The van der Waals surface area contributed by atoms with Crippen LogP contribution in [0.5, 0.6) is 0 Å². The minimum atomic E-state index is -3.61. The summed E-state index contributed by atoms with van der Waals surface area (Å²) in [6.07, 6.45) is 4.97. The second kappa shape index (κ2) is 6.21. The van der Waals surface area contributed by atoms with Crippen molar-refractivity contribution in [2.45, 2.75) is 36.5 Å². The van der Waals surface area contributed by atoms with Crippen LogP contribution in [0.25, 0.3) is 11.0 Å². The number of aromatic nitrogens is 2. The van der Waals surface area contributed by atoms with Crippen LogP contribution in [-0.2, 0) is 15.6 Å². The van der Waals surface area contributed by atoms with Gasteiger partial charge in [-0.05, 0) is 44.0 Å². The van der Waals surface area contributed by atoms with Gasteiger partial charge in [0.1, 0.15) is 17.2 Å². The standard InChI is InChI=1S/C18H17N3O4S/c1-11-14-9-13(26(23,24)10-16-19-7-2-8-20-16)5-6-15(14)25-17(11)18(22)21-12-3-4-12/h2,5-9,12H,3-4,10H2,1H3,(H,21,22). The van der Waals surface area contributed by atoms with Gasteiger partial charge >= 0.3 is 0 Å². The largest absolute Gasteiger partial charge is 0.451 e. The van der Waals surface area contributed by atoms with Gasteiger partial charge in [-0.25, -0.2) is 18.4 Å². The molecule has 0 unspecified atom stereocenters. The zero-order valence-electron chi connectivity index (χ0n) is 14.1. The van der Waals surface area contributed by atoms with Crippen LogP contribution in [0.2, 0.25) is 0 Å². The second-order valence-electron chi connectivity index (χ2n) is 6.39. The van der Waals surface area contributed by atoms with Gasteiger partial charge in [-0.3, -0.25) is 4.79 Å². The van der Waals surface area contributed by atoms with Gasteiger partial charge in [-0.2, -0.15) is 0 Å². The molecule has 0 atom stereocenters. The zero-order chi connectivity index (χ0) is 18.3. The van der Waals surface area contributed by atoms with Crippen molar-refractivity contribution < 1.29 is 17.6 Å². The summed E-state index contributed by atoms with van der Waals surface area (Å²) >= 11 is 0. The van der Waals surface area contributed by atoms with Gasteiger partial charge in [-0.1, -0.05) is 0 Å². The van der Waals surface area contributed by atoms with Gasteiger partial charge in [-0.15, -0.1) is 0 Å². The van der Waals surface area contributed by atoms with Crippen molar-refractivity contribution in [3.05, 3.63) is 53.8 Å². The number of benzene rings is 1. The fourth-order valence-electron chi connectivity index (χ4n) is 2.75. The van der Waals surface area contributed by atoms with Crippen LogP contribution in [0.15, 0.2) is 46.0 Å². The molecule has 1 amide bonds. The van der Waals surface area contributed by atoms with Crippen LogP contribution in [-0.4, -0.2) is 30.3 Å². The lowest BCUT2D eigenvalue weighted by atomic mass is 10.1. The van der Waals surface area contributed by atoms with E-state index in [-0.39, 0.29) is 34.2 Å². The third kappa shape index (κ3) is 3.20. The first-order valence-electron chi connectivity index (χ1n) is 8.27. The average molecular weight is 371 g/mol. The van der Waals surface area contributed by atoms with Crippen LogP contribution < -0.4 is 5.32 Å². The summed E-state index contributed by atoms with van der Waals surface area (Å²) in [5.41, 5.74) is 1.12. The van der Waals surface area contributed by atoms with E-state index in [0.717, 1.165) is 12.8 Å². The first kappa shape index (κ1) is 16.7. The van der Waals surface area contributed by atoms with Crippen molar-refractivity contribution in [2.75, 3.05) is 0 Å². The first-order chi connectivity index (χ1) is 12.4. The summed E-state index contributed by atoms with van der Waals surface area (Å²) < 4.78 is 31.0. The zero-order valence-corrected chi connectivity index (χ0v) is 14.9. The highest BCUT2D eigenvalue weighted by molar-refractivity contribution is 7.90. The number of fused-ring (bicyclic) bond motifs is 1. The van der Waals surface area contributed by atoms with Gasteiger partial charge in [0.15, 0.2) is 15.6 Å². The van der Waals surface area contributed by atoms with Crippen molar-refractivity contribution in [3.8, 4) is 0 Å². The van der Waals surface area contributed by atoms with Crippen LogP contribution in [0, 0.1) is 6.92 Å². The molecule has 1 fully saturated rings. The summed E-state index contributed by atoms with van der Waals surface area (Å²) in [4.78, 5) is 20.4. The number of sulfone groups is 1. The molecular formula is C18H17N3O4S. The van der Waals surface area contributed by atoms with Crippen molar-refractivity contribution in [1.82, 2.24) is 15.3 Å². The predicted molar refractivity (Wildman–Crippen MR) is 94.4 cm³/mol. The molecule has 1 aliphatic carbocycles. The number of carbonyl (C=O) groups is 1. The summed E-state index contributed by atoms with van der Waals surface area (Å²) in [6.45, 7) is 1.75. The summed E-state index contributed by atoms with van der Waals surface area (Å²) in [6, 6.07) is 6.45. The van der Waals surface area contributed by atoms with E-state index in [9.17, 15) is 13.2 Å². The highest BCUT2D eigenvalue weighted by Crippen LogP contribution is 2.29. The summed E-state index contributed by atoms with van der Waals surface area (Å²) in [5.74, 6) is -0.0807. The molecule has 0 radical (unpaired) electrons. The minimum absolute atomic E-state index is 0.149. The molecular weight excluding hydrogens is 354 g/mol. The minimum Gasteiger partial charge on any atom is -0.451 e. The molecule has 0 saturated heterocycles. The maximum atomic E-state index is 12.7. The number of amides is 1. The Morgan fingerprint density at radius 3 is 2.69 bits per heavy atom. The van der Waals surface area contributed by atoms with Gasteiger partial charge in [0.25, 0.3) is 5.91 Å². The van der Waals surface area contributed by atoms with E-state index in [1.165, 1.54) is 18.5 Å². The lowest BCUT2D eigenvalue weighted by Gasteiger charge is -2.03. The Morgan fingerprint density at radius 2 is 2.00 bits per heavy atom.